The third kappa shape index (κ3) is 4.77. The Balaban J connectivity index is 1.78. The fourth-order valence-electron chi connectivity index (χ4n) is 3.11. The number of aromatic hydroxyl groups is 4. The topological polar surface area (TPSA) is 197 Å². The van der Waals surface area contributed by atoms with Crippen LogP contribution in [-0.4, -0.2) is 83.9 Å². The summed E-state index contributed by atoms with van der Waals surface area (Å²) in [7, 11) is 0. The molecule has 1 saturated heterocycles. The monoisotopic (exact) mass is 450 g/mol. The number of carbonyl (C=O) groups is 1. The summed E-state index contributed by atoms with van der Waals surface area (Å²) in [5.74, 6) is -3.06. The molecule has 2 aromatic carbocycles. The maximum absolute atomic E-state index is 12.4. The fourth-order valence-corrected chi connectivity index (χ4v) is 3.11. The number of ketones is 1. The summed E-state index contributed by atoms with van der Waals surface area (Å²) in [5.41, 5.74) is -0.0828. The van der Waals surface area contributed by atoms with Gasteiger partial charge in [-0.3, -0.25) is 4.79 Å². The molecule has 0 aliphatic carbocycles. The van der Waals surface area contributed by atoms with Crippen molar-refractivity contribution in [3.05, 3.63) is 47.5 Å². The Morgan fingerprint density at radius 3 is 2.16 bits per heavy atom. The Hall–Kier alpha value is -3.35. The first-order valence-electron chi connectivity index (χ1n) is 9.40. The predicted octanol–water partition coefficient (Wildman–Crippen LogP) is -0.416. The zero-order valence-corrected chi connectivity index (χ0v) is 16.4. The van der Waals surface area contributed by atoms with E-state index in [2.05, 4.69) is 0 Å². The Kier molecular flexibility index (Phi) is 6.87. The van der Waals surface area contributed by atoms with Gasteiger partial charge in [0.15, 0.2) is 17.3 Å². The normalized spacial score (nSPS) is 25.7. The van der Waals surface area contributed by atoms with E-state index in [-0.39, 0.29) is 17.2 Å². The first-order valence-corrected chi connectivity index (χ1v) is 9.40. The van der Waals surface area contributed by atoms with Crippen molar-refractivity contribution >= 4 is 11.9 Å². The highest BCUT2D eigenvalue weighted by Gasteiger charge is 2.44. The minimum Gasteiger partial charge on any atom is -0.507 e. The Labute approximate surface area is 181 Å². The van der Waals surface area contributed by atoms with Gasteiger partial charge in [0.2, 0.25) is 6.29 Å². The highest BCUT2D eigenvalue weighted by molar-refractivity contribution is 6.10. The first-order chi connectivity index (χ1) is 15.1. The standard InChI is InChI=1S/C21H22O11/c22-8-16-18(28)19(29)20(30)21(32-16)31-10-6-14(26)17(15(27)7-10)12(24)4-2-9-1-3-11(23)13(25)5-9/h1-7,16,18-23,25-30H,8H2/t16-,18-,19+,20-,21-/m1/s1. The van der Waals surface area contributed by atoms with Crippen LogP contribution in [-0.2, 0) is 4.74 Å². The number of allylic oxidation sites excluding steroid dienone is 1. The molecule has 5 atom stereocenters. The molecule has 172 valence electrons. The van der Waals surface area contributed by atoms with Crippen LogP contribution in [0.25, 0.3) is 6.08 Å². The predicted molar refractivity (Wildman–Crippen MR) is 107 cm³/mol. The zero-order valence-electron chi connectivity index (χ0n) is 16.4. The van der Waals surface area contributed by atoms with Gasteiger partial charge in [0.1, 0.15) is 47.2 Å². The number of phenols is 4. The maximum atomic E-state index is 12.4. The van der Waals surface area contributed by atoms with Gasteiger partial charge in [-0.05, 0) is 23.8 Å². The van der Waals surface area contributed by atoms with Crippen molar-refractivity contribution < 1.29 is 55.1 Å². The number of benzene rings is 2. The van der Waals surface area contributed by atoms with Crippen LogP contribution in [0.4, 0.5) is 0 Å². The largest absolute Gasteiger partial charge is 0.507 e. The van der Waals surface area contributed by atoms with Crippen LogP contribution in [0, 0.1) is 0 Å². The molecule has 2 aromatic rings. The molecule has 0 bridgehead atoms. The van der Waals surface area contributed by atoms with Crippen LogP contribution in [0.2, 0.25) is 0 Å². The van der Waals surface area contributed by atoms with Crippen molar-refractivity contribution in [2.45, 2.75) is 30.7 Å². The van der Waals surface area contributed by atoms with E-state index in [1.54, 1.807) is 0 Å². The van der Waals surface area contributed by atoms with Crippen LogP contribution in [0.5, 0.6) is 28.7 Å². The second-order valence-electron chi connectivity index (χ2n) is 7.10. The van der Waals surface area contributed by atoms with Crippen molar-refractivity contribution in [1.82, 2.24) is 0 Å². The Bertz CT molecular complexity index is 994. The van der Waals surface area contributed by atoms with E-state index in [9.17, 15) is 45.6 Å². The van der Waals surface area contributed by atoms with Gasteiger partial charge < -0.3 is 50.3 Å². The maximum Gasteiger partial charge on any atom is 0.229 e. The number of aliphatic hydroxyl groups is 4. The van der Waals surface area contributed by atoms with Gasteiger partial charge in [0.25, 0.3) is 0 Å². The van der Waals surface area contributed by atoms with Gasteiger partial charge in [-0.25, -0.2) is 0 Å². The molecule has 1 aliphatic heterocycles. The molecule has 32 heavy (non-hydrogen) atoms. The lowest BCUT2D eigenvalue weighted by Crippen LogP contribution is -2.60. The molecule has 3 rings (SSSR count). The zero-order chi connectivity index (χ0) is 23.6. The van der Waals surface area contributed by atoms with E-state index >= 15 is 0 Å². The molecular weight excluding hydrogens is 428 g/mol. The minimum absolute atomic E-state index is 0.228. The van der Waals surface area contributed by atoms with Gasteiger partial charge in [-0.1, -0.05) is 12.1 Å². The highest BCUT2D eigenvalue weighted by atomic mass is 16.7. The molecule has 1 aliphatic rings. The van der Waals surface area contributed by atoms with Gasteiger partial charge in [-0.2, -0.15) is 0 Å². The van der Waals surface area contributed by atoms with Crippen LogP contribution < -0.4 is 4.74 Å². The molecule has 0 aromatic heterocycles. The average Bonchev–Trinajstić information content (AvgIpc) is 2.74. The number of hydrogen-bond acceptors (Lipinski definition) is 11. The fraction of sp³-hybridized carbons (Fsp3) is 0.286. The van der Waals surface area contributed by atoms with E-state index < -0.39 is 60.2 Å². The lowest BCUT2D eigenvalue weighted by molar-refractivity contribution is -0.277. The summed E-state index contributed by atoms with van der Waals surface area (Å²) < 4.78 is 10.5. The van der Waals surface area contributed by atoms with Crippen LogP contribution >= 0.6 is 0 Å². The van der Waals surface area contributed by atoms with Gasteiger partial charge in [-0.15, -0.1) is 0 Å². The number of phenolic OH excluding ortho intramolecular Hbond substituents is 4. The molecule has 11 nitrogen and oxygen atoms in total. The van der Waals surface area contributed by atoms with E-state index in [1.165, 1.54) is 24.3 Å². The van der Waals surface area contributed by atoms with Crippen molar-refractivity contribution in [2.24, 2.45) is 0 Å². The molecule has 1 fully saturated rings. The SMILES string of the molecule is O=C(C=Cc1ccc(O)c(O)c1)c1c(O)cc(O[C@@H]2O[C@H](CO)[C@@H](O)[C@H](O)[C@H]2O)cc1O. The van der Waals surface area contributed by atoms with Crippen molar-refractivity contribution in [3.8, 4) is 28.7 Å². The molecule has 0 radical (unpaired) electrons. The molecule has 0 unspecified atom stereocenters. The van der Waals surface area contributed by atoms with E-state index in [4.69, 9.17) is 9.47 Å². The van der Waals surface area contributed by atoms with Crippen molar-refractivity contribution in [3.63, 3.8) is 0 Å². The van der Waals surface area contributed by atoms with Crippen LogP contribution in [0.3, 0.4) is 0 Å². The lowest BCUT2D eigenvalue weighted by Gasteiger charge is -2.39. The summed E-state index contributed by atoms with van der Waals surface area (Å²) in [6.45, 7) is -0.667. The van der Waals surface area contributed by atoms with E-state index in [0.717, 1.165) is 18.2 Å². The van der Waals surface area contributed by atoms with Gasteiger partial charge in [0.05, 0.1) is 6.61 Å². The van der Waals surface area contributed by atoms with Crippen molar-refractivity contribution in [1.29, 1.82) is 0 Å². The number of aliphatic hydroxyl groups excluding tert-OH is 4. The van der Waals surface area contributed by atoms with Gasteiger partial charge in [0, 0.05) is 12.1 Å². The third-order valence-corrected chi connectivity index (χ3v) is 4.84. The number of ether oxygens (including phenoxy) is 2. The number of hydrogen-bond donors (Lipinski definition) is 8. The lowest BCUT2D eigenvalue weighted by atomic mass is 9.99. The number of rotatable bonds is 6. The first kappa shape index (κ1) is 23.3. The van der Waals surface area contributed by atoms with Crippen LogP contribution in [0.1, 0.15) is 15.9 Å². The summed E-state index contributed by atoms with van der Waals surface area (Å²) in [4.78, 5) is 12.4. The smallest absolute Gasteiger partial charge is 0.229 e. The molecule has 0 saturated carbocycles. The summed E-state index contributed by atoms with van der Waals surface area (Å²) in [6, 6.07) is 5.79. The van der Waals surface area contributed by atoms with E-state index in [0.29, 0.717) is 5.56 Å². The number of carbonyl (C=O) groups excluding carboxylic acids is 1. The Morgan fingerprint density at radius 1 is 0.906 bits per heavy atom. The van der Waals surface area contributed by atoms with Gasteiger partial charge >= 0.3 is 0 Å². The van der Waals surface area contributed by atoms with Crippen molar-refractivity contribution in [2.75, 3.05) is 6.61 Å². The van der Waals surface area contributed by atoms with E-state index in [1.807, 2.05) is 0 Å². The minimum atomic E-state index is -1.71. The molecular formula is C21H22O11. The average molecular weight is 450 g/mol. The summed E-state index contributed by atoms with van der Waals surface area (Å²) >= 11 is 0. The third-order valence-electron chi connectivity index (χ3n) is 4.84. The van der Waals surface area contributed by atoms with Crippen LogP contribution in [0.15, 0.2) is 36.4 Å². The molecule has 1 heterocycles. The second kappa shape index (κ2) is 9.42. The molecule has 0 spiro atoms. The molecule has 8 N–H and O–H groups in total. The summed E-state index contributed by atoms with van der Waals surface area (Å²) in [5, 5.41) is 78.0. The highest BCUT2D eigenvalue weighted by Crippen LogP contribution is 2.35. The second-order valence-corrected chi connectivity index (χ2v) is 7.10. The quantitative estimate of drug-likeness (QED) is 0.162. The Morgan fingerprint density at radius 2 is 1.56 bits per heavy atom. The molecule has 0 amide bonds. The summed E-state index contributed by atoms with van der Waals surface area (Å²) in [6.07, 6.45) is -5.42. The molecule has 11 heteroatoms.